The molecular weight excluding hydrogens is 362 g/mol. The molecule has 0 aliphatic heterocycles. The van der Waals surface area contributed by atoms with Gasteiger partial charge in [-0.1, -0.05) is 102 Å². The molecule has 0 radical (unpaired) electrons. The Kier molecular flexibility index (Phi) is 15.2. The molecular formula is C23H45N5O. The van der Waals surface area contributed by atoms with E-state index in [9.17, 15) is 0 Å². The summed E-state index contributed by atoms with van der Waals surface area (Å²) in [5, 5.41) is 11.7. The number of rotatable bonds is 19. The van der Waals surface area contributed by atoms with Crippen LogP contribution in [0.4, 0.5) is 0 Å². The smallest absolute Gasteiger partial charge is 0.246 e. The van der Waals surface area contributed by atoms with Crippen LogP contribution in [0.2, 0.25) is 0 Å². The molecule has 0 saturated heterocycles. The Balaban J connectivity index is 1.96. The maximum atomic E-state index is 7.59. The highest BCUT2D eigenvalue weighted by Gasteiger charge is 2.12. The second-order valence-electron chi connectivity index (χ2n) is 8.26. The summed E-state index contributed by atoms with van der Waals surface area (Å²) in [5.74, 6) is 1.38. The molecule has 0 aliphatic carbocycles. The lowest BCUT2D eigenvalue weighted by Crippen LogP contribution is -2.36. The van der Waals surface area contributed by atoms with E-state index in [0.717, 1.165) is 31.6 Å². The predicted octanol–water partition coefficient (Wildman–Crippen LogP) is 6.20. The molecule has 3 N–H and O–H groups in total. The van der Waals surface area contributed by atoms with E-state index in [1.807, 2.05) is 0 Å². The van der Waals surface area contributed by atoms with Gasteiger partial charge in [-0.3, -0.25) is 5.41 Å². The maximum Gasteiger partial charge on any atom is 0.246 e. The Hall–Kier alpha value is -1.59. The van der Waals surface area contributed by atoms with E-state index in [1.54, 1.807) is 4.90 Å². The molecule has 0 unspecified atom stereocenters. The molecule has 1 aromatic rings. The van der Waals surface area contributed by atoms with E-state index in [4.69, 9.17) is 15.7 Å². The zero-order valence-corrected chi connectivity index (χ0v) is 19.1. The molecule has 0 amide bonds. The average molecular weight is 408 g/mol. The second kappa shape index (κ2) is 17.3. The first-order chi connectivity index (χ1) is 14.2. The molecule has 168 valence electrons. The van der Waals surface area contributed by atoms with Gasteiger partial charge < -0.3 is 15.2 Å². The molecule has 6 nitrogen and oxygen atoms in total. The Morgan fingerprint density at radius 1 is 0.828 bits per heavy atom. The quantitative estimate of drug-likeness (QED) is 0.162. The van der Waals surface area contributed by atoms with Crippen molar-refractivity contribution in [1.82, 2.24) is 15.0 Å². The third-order valence-corrected chi connectivity index (χ3v) is 5.42. The Morgan fingerprint density at radius 3 is 1.83 bits per heavy atom. The van der Waals surface area contributed by atoms with Crippen molar-refractivity contribution in [2.75, 3.05) is 6.54 Å². The molecule has 6 heteroatoms. The number of guanidine groups is 1. The normalized spacial score (nSPS) is 11.1. The molecule has 0 spiro atoms. The second-order valence-corrected chi connectivity index (χ2v) is 8.26. The van der Waals surface area contributed by atoms with Gasteiger partial charge in [-0.05, 0) is 12.8 Å². The zero-order valence-electron chi connectivity index (χ0n) is 19.1. The van der Waals surface area contributed by atoms with E-state index in [0.29, 0.717) is 12.4 Å². The molecule has 1 aromatic heterocycles. The number of nitrogens with one attached hydrogen (secondary N) is 1. The first-order valence-corrected chi connectivity index (χ1v) is 12.1. The van der Waals surface area contributed by atoms with Gasteiger partial charge in [0.25, 0.3) is 0 Å². The van der Waals surface area contributed by atoms with E-state index < -0.39 is 0 Å². The summed E-state index contributed by atoms with van der Waals surface area (Å²) in [7, 11) is 0. The van der Waals surface area contributed by atoms with Gasteiger partial charge in [-0.15, -0.1) is 0 Å². The van der Waals surface area contributed by atoms with Crippen LogP contribution in [0.5, 0.6) is 0 Å². The van der Waals surface area contributed by atoms with Crippen LogP contribution in [0, 0.1) is 5.41 Å². The lowest BCUT2D eigenvalue weighted by atomic mass is 10.0. The minimum atomic E-state index is 0.0542. The Labute approximate surface area is 178 Å². The van der Waals surface area contributed by atoms with Crippen LogP contribution in [0.1, 0.15) is 122 Å². The van der Waals surface area contributed by atoms with E-state index >= 15 is 0 Å². The molecule has 0 aliphatic rings. The number of unbranched alkanes of at least 4 members (excludes halogenated alkanes) is 13. The highest BCUT2D eigenvalue weighted by atomic mass is 16.5. The van der Waals surface area contributed by atoms with E-state index in [1.165, 1.54) is 83.5 Å². The topological polar surface area (TPSA) is 92.0 Å². The minimum absolute atomic E-state index is 0.0542. The van der Waals surface area contributed by atoms with Crippen molar-refractivity contribution >= 4 is 5.96 Å². The van der Waals surface area contributed by atoms with Gasteiger partial charge in [0.05, 0.1) is 0 Å². The van der Waals surface area contributed by atoms with Crippen LogP contribution in [0.3, 0.4) is 0 Å². The first-order valence-electron chi connectivity index (χ1n) is 12.1. The number of aromatic nitrogens is 2. The summed E-state index contributed by atoms with van der Waals surface area (Å²) in [6.07, 6.45) is 20.9. The van der Waals surface area contributed by atoms with Crippen molar-refractivity contribution in [3.63, 3.8) is 0 Å². The third kappa shape index (κ3) is 13.3. The van der Waals surface area contributed by atoms with Crippen molar-refractivity contribution in [1.29, 1.82) is 5.41 Å². The minimum Gasteiger partial charge on any atom is -0.370 e. The molecule has 1 rings (SSSR count). The van der Waals surface area contributed by atoms with Crippen LogP contribution in [-0.4, -0.2) is 27.5 Å². The maximum absolute atomic E-state index is 7.59. The summed E-state index contributed by atoms with van der Waals surface area (Å²) in [6.45, 7) is 5.49. The molecule has 0 fully saturated rings. The number of hydrogen-bond acceptors (Lipinski definition) is 4. The standard InChI is InChI=1S/C23H45N5O/c1-3-5-6-7-8-9-10-11-12-13-14-15-16-17-18-21-26-22(29-27-21)20-28(19-4-2)23(24)25/h3-20H2,1-2H3,(H3,24,25). The fourth-order valence-corrected chi connectivity index (χ4v) is 3.65. The number of hydrogen-bond donors (Lipinski definition) is 2. The highest BCUT2D eigenvalue weighted by Crippen LogP contribution is 2.13. The Morgan fingerprint density at radius 2 is 1.34 bits per heavy atom. The number of nitrogens with two attached hydrogens (primary N) is 1. The fourth-order valence-electron chi connectivity index (χ4n) is 3.65. The zero-order chi connectivity index (χ0) is 21.2. The largest absolute Gasteiger partial charge is 0.370 e. The fraction of sp³-hybridized carbons (Fsp3) is 0.870. The molecule has 29 heavy (non-hydrogen) atoms. The lowest BCUT2D eigenvalue weighted by Gasteiger charge is -2.19. The van der Waals surface area contributed by atoms with E-state index in [2.05, 4.69) is 24.0 Å². The van der Waals surface area contributed by atoms with Crippen LogP contribution < -0.4 is 5.73 Å². The molecule has 1 heterocycles. The summed E-state index contributed by atoms with van der Waals surface area (Å²) >= 11 is 0. The highest BCUT2D eigenvalue weighted by molar-refractivity contribution is 5.74. The predicted molar refractivity (Wildman–Crippen MR) is 121 cm³/mol. The Bertz CT molecular complexity index is 517. The molecule has 0 atom stereocenters. The van der Waals surface area contributed by atoms with Gasteiger partial charge in [0.2, 0.25) is 5.89 Å². The number of nitrogens with zero attached hydrogens (tertiary/aromatic N) is 3. The van der Waals surface area contributed by atoms with Gasteiger partial charge in [-0.2, -0.15) is 4.98 Å². The summed E-state index contributed by atoms with van der Waals surface area (Å²) in [5.41, 5.74) is 5.59. The summed E-state index contributed by atoms with van der Waals surface area (Å²) < 4.78 is 5.31. The lowest BCUT2D eigenvalue weighted by molar-refractivity contribution is 0.307. The van der Waals surface area contributed by atoms with Crippen molar-refractivity contribution in [2.24, 2.45) is 5.73 Å². The summed E-state index contributed by atoms with van der Waals surface area (Å²) in [4.78, 5) is 6.20. The van der Waals surface area contributed by atoms with Gasteiger partial charge in [0.15, 0.2) is 11.8 Å². The monoisotopic (exact) mass is 407 g/mol. The van der Waals surface area contributed by atoms with Crippen molar-refractivity contribution < 1.29 is 4.52 Å². The number of aryl methyl sites for hydroxylation is 1. The van der Waals surface area contributed by atoms with Crippen LogP contribution >= 0.6 is 0 Å². The summed E-state index contributed by atoms with van der Waals surface area (Å²) in [6, 6.07) is 0. The van der Waals surface area contributed by atoms with Crippen molar-refractivity contribution in [2.45, 2.75) is 123 Å². The van der Waals surface area contributed by atoms with Gasteiger partial charge in [-0.25, -0.2) is 0 Å². The molecule has 0 aromatic carbocycles. The molecule has 0 saturated carbocycles. The average Bonchev–Trinajstić information content (AvgIpc) is 3.15. The first kappa shape index (κ1) is 25.4. The van der Waals surface area contributed by atoms with Crippen LogP contribution in [-0.2, 0) is 13.0 Å². The molecule has 0 bridgehead atoms. The third-order valence-electron chi connectivity index (χ3n) is 5.42. The van der Waals surface area contributed by atoms with E-state index in [-0.39, 0.29) is 5.96 Å². The van der Waals surface area contributed by atoms with Gasteiger partial charge in [0.1, 0.15) is 6.54 Å². The van der Waals surface area contributed by atoms with Crippen molar-refractivity contribution in [3.05, 3.63) is 11.7 Å². The van der Waals surface area contributed by atoms with Gasteiger partial charge in [0, 0.05) is 13.0 Å². The van der Waals surface area contributed by atoms with Crippen molar-refractivity contribution in [3.8, 4) is 0 Å². The van der Waals surface area contributed by atoms with Crippen LogP contribution in [0.25, 0.3) is 0 Å². The van der Waals surface area contributed by atoms with Gasteiger partial charge >= 0.3 is 0 Å². The van der Waals surface area contributed by atoms with Crippen LogP contribution in [0.15, 0.2) is 4.52 Å². The SMILES string of the molecule is CCCCCCCCCCCCCCCCc1noc(CN(CCC)C(=N)N)n1.